The number of ether oxygens (including phenoxy) is 1. The highest BCUT2D eigenvalue weighted by molar-refractivity contribution is 5.81. The number of rotatable bonds is 5. The molecule has 0 aromatic rings. The highest BCUT2D eigenvalue weighted by Crippen LogP contribution is 2.59. The molecule has 1 aliphatic carbocycles. The third-order valence-corrected chi connectivity index (χ3v) is 3.42. The lowest BCUT2D eigenvalue weighted by atomic mass is 10.1. The maximum atomic E-state index is 11.5. The second-order valence-electron chi connectivity index (χ2n) is 4.94. The lowest BCUT2D eigenvalue weighted by Crippen LogP contribution is -2.07. The summed E-state index contributed by atoms with van der Waals surface area (Å²) in [5.74, 6) is -0.227. The molecule has 0 spiro atoms. The molecule has 0 N–H and O–H groups in total. The lowest BCUT2D eigenvalue weighted by molar-refractivity contribution is -0.143. The predicted molar refractivity (Wildman–Crippen MR) is 66.4 cm³/mol. The normalized spacial score (nSPS) is 26.9. The Kier molecular flexibility index (Phi) is 4.27. The number of hydrogen-bond donors (Lipinski definition) is 0. The van der Waals surface area contributed by atoms with Gasteiger partial charge in [0.15, 0.2) is 0 Å². The van der Waals surface area contributed by atoms with E-state index in [0.717, 1.165) is 12.7 Å². The van der Waals surface area contributed by atoms with Crippen molar-refractivity contribution < 1.29 is 14.3 Å². The Balaban J connectivity index is 2.81. The zero-order valence-electron chi connectivity index (χ0n) is 10.9. The number of allylic oxidation sites excluding steroid dienone is 4. The van der Waals surface area contributed by atoms with Crippen molar-refractivity contribution in [1.82, 2.24) is 0 Å². The molecule has 1 saturated carbocycles. The standard InChI is InChI=1S/C14H20O3/c1-5-6-7-10(9-15)8-11-12(13(16)17-4)14(11,2)3/h6-9,11-12H,5H2,1-4H3/b7-6+,10-8-. The van der Waals surface area contributed by atoms with Gasteiger partial charge in [0.1, 0.15) is 6.29 Å². The molecule has 0 heterocycles. The van der Waals surface area contributed by atoms with Crippen LogP contribution in [-0.4, -0.2) is 19.4 Å². The van der Waals surface area contributed by atoms with E-state index in [1.54, 1.807) is 6.08 Å². The summed E-state index contributed by atoms with van der Waals surface area (Å²) in [6, 6.07) is 0. The Labute approximate surface area is 103 Å². The van der Waals surface area contributed by atoms with E-state index < -0.39 is 0 Å². The molecule has 0 aromatic heterocycles. The van der Waals surface area contributed by atoms with E-state index in [9.17, 15) is 9.59 Å². The molecule has 2 atom stereocenters. The summed E-state index contributed by atoms with van der Waals surface area (Å²) < 4.78 is 4.76. The van der Waals surface area contributed by atoms with Gasteiger partial charge in [-0.2, -0.15) is 0 Å². The second-order valence-corrected chi connectivity index (χ2v) is 4.94. The quantitative estimate of drug-likeness (QED) is 0.319. The highest BCUT2D eigenvalue weighted by Gasteiger charge is 2.61. The van der Waals surface area contributed by atoms with E-state index in [4.69, 9.17) is 4.74 Å². The van der Waals surface area contributed by atoms with Crippen molar-refractivity contribution in [3.8, 4) is 0 Å². The van der Waals surface area contributed by atoms with E-state index in [0.29, 0.717) is 5.57 Å². The van der Waals surface area contributed by atoms with E-state index >= 15 is 0 Å². The van der Waals surface area contributed by atoms with Crippen LogP contribution >= 0.6 is 0 Å². The molecular formula is C14H20O3. The molecule has 1 aliphatic rings. The van der Waals surface area contributed by atoms with E-state index in [-0.39, 0.29) is 23.2 Å². The van der Waals surface area contributed by atoms with Gasteiger partial charge in [-0.25, -0.2) is 0 Å². The van der Waals surface area contributed by atoms with Gasteiger partial charge in [0.05, 0.1) is 13.0 Å². The molecule has 0 aromatic carbocycles. The number of methoxy groups -OCH3 is 1. The van der Waals surface area contributed by atoms with E-state index in [1.165, 1.54) is 7.11 Å². The first kappa shape index (κ1) is 13.7. The molecule has 0 aliphatic heterocycles. The Morgan fingerprint density at radius 3 is 2.53 bits per heavy atom. The van der Waals surface area contributed by atoms with Crippen LogP contribution in [0.15, 0.2) is 23.8 Å². The first-order valence-electron chi connectivity index (χ1n) is 5.90. The van der Waals surface area contributed by atoms with Crippen molar-refractivity contribution in [2.45, 2.75) is 27.2 Å². The maximum absolute atomic E-state index is 11.5. The minimum atomic E-state index is -0.194. The molecule has 2 unspecified atom stereocenters. The zero-order valence-corrected chi connectivity index (χ0v) is 10.9. The summed E-state index contributed by atoms with van der Waals surface area (Å²) >= 11 is 0. The molecule has 0 saturated heterocycles. The van der Waals surface area contributed by atoms with Gasteiger partial charge in [0, 0.05) is 5.57 Å². The van der Waals surface area contributed by atoms with Crippen LogP contribution in [0.3, 0.4) is 0 Å². The summed E-state index contributed by atoms with van der Waals surface area (Å²) in [6.07, 6.45) is 7.33. The molecule has 94 valence electrons. The van der Waals surface area contributed by atoms with Crippen LogP contribution in [0.4, 0.5) is 0 Å². The van der Waals surface area contributed by atoms with Crippen LogP contribution in [0.25, 0.3) is 0 Å². The number of esters is 1. The minimum absolute atomic E-state index is 0.0941. The zero-order chi connectivity index (χ0) is 13.1. The van der Waals surface area contributed by atoms with Crippen LogP contribution in [-0.2, 0) is 14.3 Å². The maximum Gasteiger partial charge on any atom is 0.309 e. The second kappa shape index (κ2) is 5.30. The monoisotopic (exact) mass is 236 g/mol. The molecular weight excluding hydrogens is 216 g/mol. The van der Waals surface area contributed by atoms with Gasteiger partial charge in [-0.05, 0) is 17.8 Å². The summed E-state index contributed by atoms with van der Waals surface area (Å²) in [4.78, 5) is 22.4. The van der Waals surface area contributed by atoms with Crippen LogP contribution in [0.5, 0.6) is 0 Å². The fourth-order valence-corrected chi connectivity index (χ4v) is 2.16. The Morgan fingerprint density at radius 2 is 2.06 bits per heavy atom. The molecule has 1 fully saturated rings. The first-order valence-corrected chi connectivity index (χ1v) is 5.90. The van der Waals surface area contributed by atoms with Crippen molar-refractivity contribution in [2.75, 3.05) is 7.11 Å². The Morgan fingerprint density at radius 1 is 1.41 bits per heavy atom. The molecule has 0 bridgehead atoms. The van der Waals surface area contributed by atoms with Crippen molar-refractivity contribution in [3.63, 3.8) is 0 Å². The van der Waals surface area contributed by atoms with E-state index in [1.807, 2.05) is 32.9 Å². The fraction of sp³-hybridized carbons (Fsp3) is 0.571. The number of carbonyl (C=O) groups is 2. The van der Waals surface area contributed by atoms with Gasteiger partial charge in [0.2, 0.25) is 0 Å². The number of carbonyl (C=O) groups excluding carboxylic acids is 2. The Bertz CT molecular complexity index is 364. The average Bonchev–Trinajstić information content (AvgIpc) is 2.85. The molecule has 3 heteroatoms. The van der Waals surface area contributed by atoms with Crippen LogP contribution in [0.2, 0.25) is 0 Å². The Hall–Kier alpha value is -1.38. The van der Waals surface area contributed by atoms with Gasteiger partial charge in [0.25, 0.3) is 0 Å². The summed E-state index contributed by atoms with van der Waals surface area (Å²) in [6.45, 7) is 6.04. The largest absolute Gasteiger partial charge is 0.469 e. The van der Waals surface area contributed by atoms with Crippen molar-refractivity contribution in [3.05, 3.63) is 23.8 Å². The van der Waals surface area contributed by atoms with Crippen LogP contribution in [0.1, 0.15) is 27.2 Å². The number of hydrogen-bond acceptors (Lipinski definition) is 3. The van der Waals surface area contributed by atoms with E-state index in [2.05, 4.69) is 0 Å². The third kappa shape index (κ3) is 2.84. The predicted octanol–water partition coefficient (Wildman–Crippen LogP) is 2.52. The van der Waals surface area contributed by atoms with Crippen LogP contribution in [0, 0.1) is 17.3 Å². The summed E-state index contributed by atoms with van der Waals surface area (Å²) in [5, 5.41) is 0. The third-order valence-electron chi connectivity index (χ3n) is 3.42. The van der Waals surface area contributed by atoms with Crippen molar-refractivity contribution in [1.29, 1.82) is 0 Å². The fourth-order valence-electron chi connectivity index (χ4n) is 2.16. The lowest BCUT2D eigenvalue weighted by Gasteiger charge is -1.99. The van der Waals surface area contributed by atoms with Gasteiger partial charge < -0.3 is 4.74 Å². The van der Waals surface area contributed by atoms with Gasteiger partial charge in [-0.15, -0.1) is 0 Å². The first-order chi connectivity index (χ1) is 7.98. The number of aldehydes is 1. The average molecular weight is 236 g/mol. The van der Waals surface area contributed by atoms with Gasteiger partial charge in [-0.1, -0.05) is 39.0 Å². The minimum Gasteiger partial charge on any atom is -0.469 e. The molecule has 0 amide bonds. The smallest absolute Gasteiger partial charge is 0.309 e. The highest BCUT2D eigenvalue weighted by atomic mass is 16.5. The van der Waals surface area contributed by atoms with Gasteiger partial charge >= 0.3 is 5.97 Å². The molecule has 1 rings (SSSR count). The SMILES string of the molecule is CC/C=C/C(C=O)=C/C1C(C(=O)OC)C1(C)C. The van der Waals surface area contributed by atoms with Crippen LogP contribution < -0.4 is 0 Å². The van der Waals surface area contributed by atoms with Crippen molar-refractivity contribution >= 4 is 12.3 Å². The summed E-state index contributed by atoms with van der Waals surface area (Å²) in [7, 11) is 1.40. The summed E-state index contributed by atoms with van der Waals surface area (Å²) in [5.41, 5.74) is 0.526. The molecule has 0 radical (unpaired) electrons. The van der Waals surface area contributed by atoms with Gasteiger partial charge in [-0.3, -0.25) is 9.59 Å². The topological polar surface area (TPSA) is 43.4 Å². The molecule has 3 nitrogen and oxygen atoms in total. The molecule has 17 heavy (non-hydrogen) atoms. The van der Waals surface area contributed by atoms with Crippen molar-refractivity contribution in [2.24, 2.45) is 17.3 Å².